The molecular weight excluding hydrogens is 262 g/mol. The number of hydrogen-bond acceptors (Lipinski definition) is 6. The van der Waals surface area contributed by atoms with Crippen molar-refractivity contribution in [3.63, 3.8) is 0 Å². The monoisotopic (exact) mass is 287 g/mol. The van der Waals surface area contributed by atoms with E-state index in [9.17, 15) is 0 Å². The van der Waals surface area contributed by atoms with Gasteiger partial charge in [-0.2, -0.15) is 0 Å². The summed E-state index contributed by atoms with van der Waals surface area (Å²) in [6.07, 6.45) is 1.95. The molecule has 1 heterocycles. The number of nitrogens with one attached hydrogen (secondary N) is 1. The first-order valence-electron chi connectivity index (χ1n) is 6.62. The molecule has 6 heteroatoms. The van der Waals surface area contributed by atoms with Crippen molar-refractivity contribution in [1.29, 1.82) is 0 Å². The number of thiazole rings is 1. The Hall–Kier alpha value is -0.690. The van der Waals surface area contributed by atoms with Crippen molar-refractivity contribution in [2.24, 2.45) is 0 Å². The second-order valence-corrected chi connectivity index (χ2v) is 5.46. The van der Waals surface area contributed by atoms with Gasteiger partial charge in [-0.15, -0.1) is 11.3 Å². The largest absolute Gasteiger partial charge is 0.383 e. The minimum atomic E-state index is 0.343. The average Bonchev–Trinajstić information content (AvgIpc) is 2.85. The van der Waals surface area contributed by atoms with Gasteiger partial charge in [-0.25, -0.2) is 4.98 Å². The van der Waals surface area contributed by atoms with Crippen LogP contribution in [0.5, 0.6) is 0 Å². The highest BCUT2D eigenvalue weighted by Gasteiger charge is 2.15. The molecule has 0 amide bonds. The zero-order valence-electron chi connectivity index (χ0n) is 12.3. The Kier molecular flexibility index (Phi) is 7.97. The normalized spacial score (nSPS) is 12.6. The zero-order valence-corrected chi connectivity index (χ0v) is 13.1. The number of aromatic nitrogens is 1. The predicted molar refractivity (Wildman–Crippen MR) is 80.1 cm³/mol. The van der Waals surface area contributed by atoms with Crippen LogP contribution in [0.1, 0.15) is 18.7 Å². The smallest absolute Gasteiger partial charge is 0.185 e. The Morgan fingerprint density at radius 3 is 2.84 bits per heavy atom. The third-order valence-electron chi connectivity index (χ3n) is 2.85. The summed E-state index contributed by atoms with van der Waals surface area (Å²) >= 11 is 1.73. The van der Waals surface area contributed by atoms with Crippen LogP contribution in [0.25, 0.3) is 0 Å². The molecule has 0 aromatic carbocycles. The maximum Gasteiger partial charge on any atom is 0.185 e. The lowest BCUT2D eigenvalue weighted by molar-refractivity contribution is 0.182. The molecule has 0 saturated heterocycles. The maximum absolute atomic E-state index is 5.22. The van der Waals surface area contributed by atoms with Crippen molar-refractivity contribution in [2.45, 2.75) is 26.4 Å². The predicted octanol–water partition coefficient (Wildman–Crippen LogP) is 1.74. The number of nitrogens with zero attached hydrogens (tertiary/aromatic N) is 2. The first kappa shape index (κ1) is 16.4. The second kappa shape index (κ2) is 9.25. The highest BCUT2D eigenvalue weighted by Crippen LogP contribution is 2.24. The number of methoxy groups -OCH3 is 2. The van der Waals surface area contributed by atoms with Crippen molar-refractivity contribution in [3.05, 3.63) is 11.1 Å². The molecule has 0 saturated carbocycles. The molecule has 5 nitrogen and oxygen atoms in total. The van der Waals surface area contributed by atoms with Crippen LogP contribution in [0.4, 0.5) is 5.13 Å². The van der Waals surface area contributed by atoms with E-state index >= 15 is 0 Å². The number of likely N-dealkylation sites (N-methyl/N-ethyl adjacent to an activating group) is 1. The van der Waals surface area contributed by atoms with Gasteiger partial charge in [0.2, 0.25) is 0 Å². The van der Waals surface area contributed by atoms with Gasteiger partial charge < -0.3 is 19.7 Å². The molecule has 0 radical (unpaired) electrons. The van der Waals surface area contributed by atoms with Gasteiger partial charge in [0.1, 0.15) is 0 Å². The van der Waals surface area contributed by atoms with Crippen LogP contribution in [0, 0.1) is 0 Å². The summed E-state index contributed by atoms with van der Waals surface area (Å²) in [4.78, 5) is 8.02. The Bertz CT molecular complexity index is 346. The summed E-state index contributed by atoms with van der Waals surface area (Å²) < 4.78 is 10.2. The molecule has 0 aliphatic heterocycles. The van der Waals surface area contributed by atoms with Crippen molar-refractivity contribution >= 4 is 16.5 Å². The van der Waals surface area contributed by atoms with Gasteiger partial charge in [-0.1, -0.05) is 0 Å². The van der Waals surface area contributed by atoms with E-state index in [1.807, 2.05) is 6.20 Å². The van der Waals surface area contributed by atoms with Gasteiger partial charge in [0.25, 0.3) is 0 Å². The molecule has 0 spiro atoms. The first-order chi connectivity index (χ1) is 9.22. The van der Waals surface area contributed by atoms with Gasteiger partial charge >= 0.3 is 0 Å². The molecule has 1 unspecified atom stereocenters. The molecule has 1 atom stereocenters. The molecule has 19 heavy (non-hydrogen) atoms. The van der Waals surface area contributed by atoms with E-state index in [2.05, 4.69) is 29.0 Å². The third kappa shape index (κ3) is 5.44. The molecule has 0 fully saturated rings. The lowest BCUT2D eigenvalue weighted by atomic mass is 10.3. The van der Waals surface area contributed by atoms with Crippen LogP contribution in [-0.4, -0.2) is 51.5 Å². The minimum absolute atomic E-state index is 0.343. The molecule has 0 aliphatic carbocycles. The average molecular weight is 287 g/mol. The molecule has 0 bridgehead atoms. The van der Waals surface area contributed by atoms with Gasteiger partial charge in [-0.05, 0) is 13.8 Å². The molecule has 1 aromatic rings. The zero-order chi connectivity index (χ0) is 14.1. The second-order valence-electron chi connectivity index (χ2n) is 4.37. The van der Waals surface area contributed by atoms with E-state index in [1.165, 1.54) is 4.88 Å². The number of hydrogen-bond donors (Lipinski definition) is 1. The van der Waals surface area contributed by atoms with Gasteiger partial charge in [0.05, 0.1) is 19.3 Å². The van der Waals surface area contributed by atoms with Crippen molar-refractivity contribution in [3.8, 4) is 0 Å². The van der Waals surface area contributed by atoms with Gasteiger partial charge in [-0.3, -0.25) is 0 Å². The summed E-state index contributed by atoms with van der Waals surface area (Å²) in [5.74, 6) is 0. The van der Waals surface area contributed by atoms with Crippen LogP contribution >= 0.6 is 11.3 Å². The summed E-state index contributed by atoms with van der Waals surface area (Å²) in [5.41, 5.74) is 0. The quantitative estimate of drug-likeness (QED) is 0.664. The fraction of sp³-hybridized carbons (Fsp3) is 0.769. The molecule has 1 N–H and O–H groups in total. The SMILES string of the molecule is CCN(c1ncc(CNCCOC)s1)C(C)COC. The third-order valence-corrected chi connectivity index (χ3v) is 3.88. The maximum atomic E-state index is 5.22. The number of ether oxygens (including phenoxy) is 2. The fourth-order valence-electron chi connectivity index (χ4n) is 1.86. The van der Waals surface area contributed by atoms with E-state index in [1.54, 1.807) is 25.6 Å². The van der Waals surface area contributed by atoms with Crippen LogP contribution < -0.4 is 10.2 Å². The fourth-order valence-corrected chi connectivity index (χ4v) is 2.91. The van der Waals surface area contributed by atoms with E-state index in [0.29, 0.717) is 6.04 Å². The molecule has 1 rings (SSSR count). The van der Waals surface area contributed by atoms with Crippen molar-refractivity contribution < 1.29 is 9.47 Å². The summed E-state index contributed by atoms with van der Waals surface area (Å²) in [5, 5.41) is 4.39. The molecule has 110 valence electrons. The topological polar surface area (TPSA) is 46.6 Å². The summed E-state index contributed by atoms with van der Waals surface area (Å²) in [6.45, 7) is 8.40. The Balaban J connectivity index is 2.51. The molecule has 1 aromatic heterocycles. The van der Waals surface area contributed by atoms with E-state index < -0.39 is 0 Å². The Morgan fingerprint density at radius 2 is 2.21 bits per heavy atom. The Labute approximate surface area is 119 Å². The van der Waals surface area contributed by atoms with Crippen LogP contribution in [0.2, 0.25) is 0 Å². The van der Waals surface area contributed by atoms with Crippen LogP contribution in [0.3, 0.4) is 0 Å². The number of anilines is 1. The highest BCUT2D eigenvalue weighted by atomic mass is 32.1. The van der Waals surface area contributed by atoms with E-state index in [-0.39, 0.29) is 0 Å². The van der Waals surface area contributed by atoms with Crippen molar-refractivity contribution in [1.82, 2.24) is 10.3 Å². The highest BCUT2D eigenvalue weighted by molar-refractivity contribution is 7.15. The first-order valence-corrected chi connectivity index (χ1v) is 7.44. The van der Waals surface area contributed by atoms with Gasteiger partial charge in [0.15, 0.2) is 5.13 Å². The number of rotatable bonds is 10. The Morgan fingerprint density at radius 1 is 1.42 bits per heavy atom. The molecule has 0 aliphatic rings. The van der Waals surface area contributed by atoms with Crippen LogP contribution in [-0.2, 0) is 16.0 Å². The lowest BCUT2D eigenvalue weighted by Crippen LogP contribution is -2.35. The summed E-state index contributed by atoms with van der Waals surface area (Å²) in [6, 6.07) is 0.343. The van der Waals surface area contributed by atoms with Gasteiger partial charge in [0, 0.05) is 44.9 Å². The minimum Gasteiger partial charge on any atom is -0.383 e. The standard InChI is InChI=1S/C13H25N3O2S/c1-5-16(11(2)10-18-4)13-15-9-12(19-13)8-14-6-7-17-3/h9,11,14H,5-8,10H2,1-4H3. The lowest BCUT2D eigenvalue weighted by Gasteiger charge is -2.26. The van der Waals surface area contributed by atoms with Crippen LogP contribution in [0.15, 0.2) is 6.20 Å². The van der Waals surface area contributed by atoms with E-state index in [0.717, 1.165) is 38.0 Å². The van der Waals surface area contributed by atoms with Crippen molar-refractivity contribution in [2.75, 3.05) is 45.4 Å². The molecular formula is C13H25N3O2S. The summed E-state index contributed by atoms with van der Waals surface area (Å²) in [7, 11) is 3.44. The van der Waals surface area contributed by atoms with E-state index in [4.69, 9.17) is 9.47 Å².